The molecule has 0 spiro atoms. The molecule has 1 saturated heterocycles. The third-order valence-electron chi connectivity index (χ3n) is 4.10. The average molecular weight is 312 g/mol. The molecular formula is C18H24N4O. The number of aromatic nitrogens is 2. The molecule has 122 valence electrons. The number of anilines is 3. The molecule has 1 aromatic carbocycles. The fourth-order valence-electron chi connectivity index (χ4n) is 2.90. The van der Waals surface area contributed by atoms with Crippen LogP contribution in [0.4, 0.5) is 17.5 Å². The summed E-state index contributed by atoms with van der Waals surface area (Å²) < 4.78 is 5.26. The number of nitrogens with zero attached hydrogens (tertiary/aromatic N) is 3. The molecular weight excluding hydrogens is 288 g/mol. The molecule has 5 nitrogen and oxygen atoms in total. The molecule has 3 rings (SSSR count). The summed E-state index contributed by atoms with van der Waals surface area (Å²) in [6, 6.07) is 9.87. The van der Waals surface area contributed by atoms with Crippen LogP contribution in [0.3, 0.4) is 0 Å². The van der Waals surface area contributed by atoms with Crippen molar-refractivity contribution in [2.24, 2.45) is 0 Å². The van der Waals surface area contributed by atoms with Gasteiger partial charge in [0.2, 0.25) is 5.95 Å². The van der Waals surface area contributed by atoms with Crippen LogP contribution in [-0.4, -0.2) is 30.2 Å². The molecule has 0 saturated carbocycles. The van der Waals surface area contributed by atoms with Gasteiger partial charge in [-0.05, 0) is 31.9 Å². The highest BCUT2D eigenvalue weighted by molar-refractivity contribution is 5.57. The first-order valence-corrected chi connectivity index (χ1v) is 8.26. The van der Waals surface area contributed by atoms with E-state index >= 15 is 0 Å². The molecule has 1 N–H and O–H groups in total. The zero-order valence-corrected chi connectivity index (χ0v) is 13.9. The molecule has 5 heteroatoms. The number of ether oxygens (including phenoxy) is 1. The molecule has 0 unspecified atom stereocenters. The third kappa shape index (κ3) is 4.12. The maximum Gasteiger partial charge on any atom is 0.229 e. The first-order chi connectivity index (χ1) is 11.2. The highest BCUT2D eigenvalue weighted by atomic mass is 16.5. The lowest BCUT2D eigenvalue weighted by Crippen LogP contribution is -2.25. The van der Waals surface area contributed by atoms with E-state index in [1.54, 1.807) is 7.11 Å². The third-order valence-corrected chi connectivity index (χ3v) is 4.10. The Hall–Kier alpha value is -2.30. The molecule has 0 aliphatic carbocycles. The van der Waals surface area contributed by atoms with Gasteiger partial charge in [-0.25, -0.2) is 4.98 Å². The van der Waals surface area contributed by atoms with Gasteiger partial charge in [-0.1, -0.05) is 18.9 Å². The van der Waals surface area contributed by atoms with Crippen molar-refractivity contribution in [3.8, 4) is 5.75 Å². The van der Waals surface area contributed by atoms with Crippen molar-refractivity contribution in [2.75, 3.05) is 30.4 Å². The van der Waals surface area contributed by atoms with E-state index < -0.39 is 0 Å². The van der Waals surface area contributed by atoms with E-state index in [0.717, 1.165) is 36.0 Å². The summed E-state index contributed by atoms with van der Waals surface area (Å²) in [5, 5.41) is 3.29. The van der Waals surface area contributed by atoms with E-state index in [0.29, 0.717) is 5.95 Å². The van der Waals surface area contributed by atoms with Crippen molar-refractivity contribution in [2.45, 2.75) is 32.6 Å². The predicted octanol–water partition coefficient (Wildman–Crippen LogP) is 3.92. The minimum absolute atomic E-state index is 0.637. The molecule has 1 fully saturated rings. The second-order valence-corrected chi connectivity index (χ2v) is 5.95. The molecule has 0 radical (unpaired) electrons. The highest BCUT2D eigenvalue weighted by Crippen LogP contribution is 2.23. The molecule has 1 aliphatic heterocycles. The lowest BCUT2D eigenvalue weighted by atomic mass is 10.2. The summed E-state index contributed by atoms with van der Waals surface area (Å²) in [4.78, 5) is 11.6. The van der Waals surface area contributed by atoms with Gasteiger partial charge in [-0.3, -0.25) is 0 Å². The van der Waals surface area contributed by atoms with Crippen LogP contribution in [0.15, 0.2) is 30.3 Å². The zero-order valence-electron chi connectivity index (χ0n) is 13.9. The number of hydrogen-bond acceptors (Lipinski definition) is 5. The van der Waals surface area contributed by atoms with Crippen molar-refractivity contribution in [3.63, 3.8) is 0 Å². The molecule has 0 bridgehead atoms. The maximum absolute atomic E-state index is 5.26. The second kappa shape index (κ2) is 7.31. The van der Waals surface area contributed by atoms with Gasteiger partial charge in [0.25, 0.3) is 0 Å². The minimum atomic E-state index is 0.637. The van der Waals surface area contributed by atoms with Crippen LogP contribution in [0.5, 0.6) is 5.75 Å². The number of rotatable bonds is 4. The van der Waals surface area contributed by atoms with Gasteiger partial charge in [-0.15, -0.1) is 0 Å². The Kier molecular flexibility index (Phi) is 4.95. The summed E-state index contributed by atoms with van der Waals surface area (Å²) in [5.74, 6) is 2.47. The van der Waals surface area contributed by atoms with Gasteiger partial charge >= 0.3 is 0 Å². The van der Waals surface area contributed by atoms with Gasteiger partial charge in [-0.2, -0.15) is 4.98 Å². The molecule has 1 aromatic heterocycles. The van der Waals surface area contributed by atoms with Crippen LogP contribution >= 0.6 is 0 Å². The van der Waals surface area contributed by atoms with Gasteiger partial charge in [0.15, 0.2) is 0 Å². The molecule has 0 atom stereocenters. The normalized spacial score (nSPS) is 15.1. The largest absolute Gasteiger partial charge is 0.497 e. The topological polar surface area (TPSA) is 50.3 Å². The Morgan fingerprint density at radius 1 is 1.04 bits per heavy atom. The monoisotopic (exact) mass is 312 g/mol. The van der Waals surface area contributed by atoms with E-state index in [2.05, 4.69) is 21.3 Å². The van der Waals surface area contributed by atoms with Crippen molar-refractivity contribution in [1.29, 1.82) is 0 Å². The lowest BCUT2D eigenvalue weighted by Gasteiger charge is -2.22. The van der Waals surface area contributed by atoms with E-state index in [-0.39, 0.29) is 0 Å². The number of benzene rings is 1. The summed E-state index contributed by atoms with van der Waals surface area (Å²) >= 11 is 0. The smallest absolute Gasteiger partial charge is 0.229 e. The van der Waals surface area contributed by atoms with E-state index in [4.69, 9.17) is 9.72 Å². The second-order valence-electron chi connectivity index (χ2n) is 5.95. The van der Waals surface area contributed by atoms with Crippen LogP contribution in [-0.2, 0) is 0 Å². The van der Waals surface area contributed by atoms with Gasteiger partial charge in [0.1, 0.15) is 11.6 Å². The van der Waals surface area contributed by atoms with Gasteiger partial charge in [0, 0.05) is 36.6 Å². The number of nitrogens with one attached hydrogen (secondary N) is 1. The first kappa shape index (κ1) is 15.6. The molecule has 23 heavy (non-hydrogen) atoms. The molecule has 2 aromatic rings. The van der Waals surface area contributed by atoms with Gasteiger partial charge < -0.3 is 15.0 Å². The zero-order chi connectivity index (χ0) is 16.1. The molecule has 2 heterocycles. The Bertz CT molecular complexity index is 651. The van der Waals surface area contributed by atoms with Crippen LogP contribution in [0.1, 0.15) is 31.4 Å². The Labute approximate surface area is 137 Å². The lowest BCUT2D eigenvalue weighted by molar-refractivity contribution is 0.415. The Morgan fingerprint density at radius 2 is 1.83 bits per heavy atom. The SMILES string of the molecule is COc1cccc(Nc2nc(C)cc(N3CCCCCC3)n2)c1. The van der Waals surface area contributed by atoms with Crippen molar-refractivity contribution in [3.05, 3.63) is 36.0 Å². The van der Waals surface area contributed by atoms with Crippen LogP contribution in [0, 0.1) is 6.92 Å². The Balaban J connectivity index is 1.81. The summed E-state index contributed by atoms with van der Waals surface area (Å²) in [7, 11) is 1.67. The van der Waals surface area contributed by atoms with E-state index in [1.165, 1.54) is 25.7 Å². The first-order valence-electron chi connectivity index (χ1n) is 8.26. The van der Waals surface area contributed by atoms with Crippen LogP contribution in [0.2, 0.25) is 0 Å². The summed E-state index contributed by atoms with van der Waals surface area (Å²) in [6.07, 6.45) is 5.11. The Morgan fingerprint density at radius 3 is 2.57 bits per heavy atom. The van der Waals surface area contributed by atoms with Crippen molar-refractivity contribution >= 4 is 17.5 Å². The van der Waals surface area contributed by atoms with Crippen LogP contribution in [0.25, 0.3) is 0 Å². The van der Waals surface area contributed by atoms with Crippen molar-refractivity contribution in [1.82, 2.24) is 9.97 Å². The average Bonchev–Trinajstić information content (AvgIpc) is 2.84. The summed E-state index contributed by atoms with van der Waals surface area (Å²) in [5.41, 5.74) is 1.90. The fourth-order valence-corrected chi connectivity index (χ4v) is 2.90. The predicted molar refractivity (Wildman–Crippen MR) is 93.7 cm³/mol. The maximum atomic E-state index is 5.26. The van der Waals surface area contributed by atoms with Crippen LogP contribution < -0.4 is 15.0 Å². The molecule has 1 aliphatic rings. The van der Waals surface area contributed by atoms with E-state index in [9.17, 15) is 0 Å². The van der Waals surface area contributed by atoms with Crippen molar-refractivity contribution < 1.29 is 4.74 Å². The standard InChI is InChI=1S/C18H24N4O/c1-14-12-17(22-10-5-3-4-6-11-22)21-18(19-14)20-15-8-7-9-16(13-15)23-2/h7-9,12-13H,3-6,10-11H2,1-2H3,(H,19,20,21). The quantitative estimate of drug-likeness (QED) is 0.927. The summed E-state index contributed by atoms with van der Waals surface area (Å²) in [6.45, 7) is 4.17. The minimum Gasteiger partial charge on any atom is -0.497 e. The highest BCUT2D eigenvalue weighted by Gasteiger charge is 2.13. The number of hydrogen-bond donors (Lipinski definition) is 1. The fraction of sp³-hybridized carbons (Fsp3) is 0.444. The molecule has 0 amide bonds. The number of methoxy groups -OCH3 is 1. The van der Waals surface area contributed by atoms with E-state index in [1.807, 2.05) is 31.2 Å². The number of aryl methyl sites for hydroxylation is 1. The van der Waals surface area contributed by atoms with Gasteiger partial charge in [0.05, 0.1) is 7.11 Å².